The quantitative estimate of drug-likeness (QED) is 0.334. The van der Waals surface area contributed by atoms with E-state index in [1.165, 1.54) is 18.3 Å². The number of carbonyl (C=O) groups excluding carboxylic acids is 1. The average Bonchev–Trinajstić information content (AvgIpc) is 3.30. The number of pyridine rings is 1. The largest absolute Gasteiger partial charge is 0.503 e. The van der Waals surface area contributed by atoms with Gasteiger partial charge in [-0.05, 0) is 45.6 Å². The lowest BCUT2D eigenvalue weighted by Gasteiger charge is -2.43. The molecule has 1 saturated carbocycles. The van der Waals surface area contributed by atoms with Gasteiger partial charge < -0.3 is 24.0 Å². The van der Waals surface area contributed by atoms with Gasteiger partial charge in [-0.15, -0.1) is 10.2 Å². The van der Waals surface area contributed by atoms with Crippen LogP contribution >= 0.6 is 11.3 Å². The first-order valence-electron chi connectivity index (χ1n) is 12.9. The molecule has 1 fully saturated rings. The standard InChI is InChI=1S/C27H35FN4O5S/c1-16(2)8-9-18(17(3)28)12-22-29-30-26(38-22)21-14-31-20(15-37-11-10-36-4)13-32(19-6-5-7-19)27(35)23(31)25(34)24(21)33/h8-9,14,17,19-20,34H,5-7,10-13,15H2,1-4H3/b18-9-/t17?,20-/m1/s1. The van der Waals surface area contributed by atoms with Crippen LogP contribution in [0, 0.1) is 0 Å². The third-order valence-corrected chi connectivity index (χ3v) is 7.88. The van der Waals surface area contributed by atoms with E-state index in [0.29, 0.717) is 35.3 Å². The molecule has 0 radical (unpaired) electrons. The second-order valence-electron chi connectivity index (χ2n) is 10.0. The summed E-state index contributed by atoms with van der Waals surface area (Å²) in [6.07, 6.45) is 7.10. The molecule has 4 rings (SSSR count). The minimum absolute atomic E-state index is 0.0276. The first kappa shape index (κ1) is 28.1. The molecule has 0 spiro atoms. The maximum atomic E-state index is 14.2. The van der Waals surface area contributed by atoms with Gasteiger partial charge in [-0.3, -0.25) is 9.59 Å². The van der Waals surface area contributed by atoms with Crippen LogP contribution in [0.5, 0.6) is 5.75 Å². The molecule has 1 N–H and O–H groups in total. The van der Waals surface area contributed by atoms with Crippen molar-refractivity contribution in [2.24, 2.45) is 0 Å². The first-order chi connectivity index (χ1) is 18.2. The zero-order valence-electron chi connectivity index (χ0n) is 22.3. The number of halogens is 1. The summed E-state index contributed by atoms with van der Waals surface area (Å²) in [5.74, 6) is -0.954. The Morgan fingerprint density at radius 3 is 2.66 bits per heavy atom. The third kappa shape index (κ3) is 6.05. The van der Waals surface area contributed by atoms with E-state index in [1.807, 2.05) is 19.9 Å². The fourth-order valence-corrected chi connectivity index (χ4v) is 5.41. The van der Waals surface area contributed by atoms with E-state index in [0.717, 1.165) is 24.8 Å². The summed E-state index contributed by atoms with van der Waals surface area (Å²) < 4.78 is 26.7. The lowest BCUT2D eigenvalue weighted by atomic mass is 9.90. The molecule has 1 amide bonds. The van der Waals surface area contributed by atoms with Gasteiger partial charge in [0.2, 0.25) is 5.43 Å². The topological polar surface area (TPSA) is 107 Å². The van der Waals surface area contributed by atoms with E-state index in [9.17, 15) is 19.1 Å². The van der Waals surface area contributed by atoms with Crippen LogP contribution in [-0.2, 0) is 15.9 Å². The number of hydrogen-bond donors (Lipinski definition) is 1. The number of hydrogen-bond acceptors (Lipinski definition) is 8. The molecule has 0 saturated heterocycles. The van der Waals surface area contributed by atoms with Crippen molar-refractivity contribution in [1.82, 2.24) is 19.7 Å². The van der Waals surface area contributed by atoms with Crippen molar-refractivity contribution in [1.29, 1.82) is 0 Å². The van der Waals surface area contributed by atoms with Crippen LogP contribution in [0.25, 0.3) is 10.6 Å². The normalized spacial score (nSPS) is 18.8. The van der Waals surface area contributed by atoms with Crippen molar-refractivity contribution in [3.05, 3.63) is 50.4 Å². The highest BCUT2D eigenvalue weighted by Gasteiger charge is 2.40. The average molecular weight is 547 g/mol. The Kier molecular flexibility index (Phi) is 9.11. The highest BCUT2D eigenvalue weighted by molar-refractivity contribution is 7.14. The maximum absolute atomic E-state index is 14.2. The first-order valence-corrected chi connectivity index (χ1v) is 13.7. The number of fused-ring (bicyclic) bond motifs is 1. The van der Waals surface area contributed by atoms with Crippen molar-refractivity contribution in [2.75, 3.05) is 33.5 Å². The summed E-state index contributed by atoms with van der Waals surface area (Å²) in [5.41, 5.74) is 1.03. The molecule has 206 valence electrons. The fourth-order valence-electron chi connectivity index (χ4n) is 4.53. The molecule has 38 heavy (non-hydrogen) atoms. The van der Waals surface area contributed by atoms with Gasteiger partial charge in [0.25, 0.3) is 5.91 Å². The minimum Gasteiger partial charge on any atom is -0.503 e. The van der Waals surface area contributed by atoms with Gasteiger partial charge in [-0.1, -0.05) is 29.1 Å². The third-order valence-electron chi connectivity index (χ3n) is 6.93. The molecule has 9 nitrogen and oxygen atoms in total. The van der Waals surface area contributed by atoms with Gasteiger partial charge in [0, 0.05) is 32.3 Å². The smallest absolute Gasteiger partial charge is 0.274 e. The molecule has 1 aliphatic heterocycles. The van der Waals surface area contributed by atoms with Gasteiger partial charge in [0.1, 0.15) is 11.2 Å². The van der Waals surface area contributed by atoms with Crippen LogP contribution in [0.2, 0.25) is 0 Å². The predicted molar refractivity (Wildman–Crippen MR) is 143 cm³/mol. The molecule has 1 unspecified atom stereocenters. The molecule has 2 aromatic heterocycles. The number of carbonyl (C=O) groups is 1. The Hall–Kier alpha value is -2.89. The second-order valence-corrected chi connectivity index (χ2v) is 11.1. The Balaban J connectivity index is 1.68. The van der Waals surface area contributed by atoms with E-state index in [2.05, 4.69) is 10.2 Å². The summed E-state index contributed by atoms with van der Waals surface area (Å²) >= 11 is 1.17. The molecule has 0 bridgehead atoms. The van der Waals surface area contributed by atoms with E-state index >= 15 is 0 Å². The summed E-state index contributed by atoms with van der Waals surface area (Å²) in [5, 5.41) is 20.2. The number of ether oxygens (including phenoxy) is 2. The molecular weight excluding hydrogens is 511 g/mol. The molecule has 2 atom stereocenters. The van der Waals surface area contributed by atoms with Crippen LogP contribution in [-0.4, -0.2) is 76.4 Å². The summed E-state index contributed by atoms with van der Waals surface area (Å²) in [6, 6.07) is -0.201. The molecular formula is C27H35FN4O5S. The van der Waals surface area contributed by atoms with Crippen molar-refractivity contribution in [3.8, 4) is 16.3 Å². The predicted octanol–water partition coefficient (Wildman–Crippen LogP) is 4.08. The number of nitrogens with zero attached hydrogens (tertiary/aromatic N) is 4. The van der Waals surface area contributed by atoms with Crippen LogP contribution in [0.1, 0.15) is 61.6 Å². The Morgan fingerprint density at radius 1 is 1.26 bits per heavy atom. The van der Waals surface area contributed by atoms with E-state index < -0.39 is 17.3 Å². The van der Waals surface area contributed by atoms with Gasteiger partial charge in [-0.2, -0.15) is 0 Å². The van der Waals surface area contributed by atoms with Gasteiger partial charge in [-0.25, -0.2) is 4.39 Å². The van der Waals surface area contributed by atoms with Crippen molar-refractivity contribution in [2.45, 2.75) is 64.7 Å². The minimum atomic E-state index is -1.17. The highest BCUT2D eigenvalue weighted by Crippen LogP contribution is 2.35. The maximum Gasteiger partial charge on any atom is 0.274 e. The SMILES string of the molecule is COCCOC[C@H]1CN(C2CCC2)C(=O)c2c(O)c(=O)c(-c3nnc(C/C(=C/C=C(C)C)C(C)F)s3)cn21. The molecule has 3 heterocycles. The fraction of sp³-hybridized carbons (Fsp3) is 0.556. The van der Waals surface area contributed by atoms with Gasteiger partial charge in [0.15, 0.2) is 16.5 Å². The number of alkyl halides is 1. The Bertz CT molecular complexity index is 1280. The van der Waals surface area contributed by atoms with Crippen molar-refractivity contribution in [3.63, 3.8) is 0 Å². The lowest BCUT2D eigenvalue weighted by Crippen LogP contribution is -2.52. The van der Waals surface area contributed by atoms with E-state index in [1.54, 1.807) is 28.8 Å². The van der Waals surface area contributed by atoms with Crippen molar-refractivity contribution >= 4 is 17.2 Å². The second kappa shape index (κ2) is 12.3. The number of rotatable bonds is 11. The number of methoxy groups -OCH3 is 1. The Morgan fingerprint density at radius 2 is 2.03 bits per heavy atom. The molecule has 0 aromatic carbocycles. The van der Waals surface area contributed by atoms with Crippen LogP contribution in [0.4, 0.5) is 4.39 Å². The monoisotopic (exact) mass is 546 g/mol. The summed E-state index contributed by atoms with van der Waals surface area (Å²) in [6.45, 7) is 6.85. The zero-order valence-corrected chi connectivity index (χ0v) is 23.1. The zero-order chi connectivity index (χ0) is 27.4. The molecule has 1 aliphatic carbocycles. The van der Waals surface area contributed by atoms with Crippen LogP contribution < -0.4 is 5.43 Å². The molecule has 2 aromatic rings. The van der Waals surface area contributed by atoms with Gasteiger partial charge in [0.05, 0.1) is 31.4 Å². The number of amides is 1. The van der Waals surface area contributed by atoms with Crippen LogP contribution in [0.3, 0.4) is 0 Å². The number of allylic oxidation sites excluding steroid dienone is 4. The van der Waals surface area contributed by atoms with Gasteiger partial charge >= 0.3 is 0 Å². The summed E-state index contributed by atoms with van der Waals surface area (Å²) in [4.78, 5) is 28.4. The highest BCUT2D eigenvalue weighted by atomic mass is 32.1. The number of aromatic hydroxyl groups is 1. The van der Waals surface area contributed by atoms with Crippen molar-refractivity contribution < 1.29 is 23.8 Å². The van der Waals surface area contributed by atoms with E-state index in [-0.39, 0.29) is 42.3 Å². The van der Waals surface area contributed by atoms with E-state index in [4.69, 9.17) is 9.47 Å². The Labute approximate surface area is 225 Å². The lowest BCUT2D eigenvalue weighted by molar-refractivity contribution is 0.0199. The molecule has 11 heteroatoms. The molecule has 2 aliphatic rings. The van der Waals surface area contributed by atoms with Crippen LogP contribution in [0.15, 0.2) is 34.3 Å². The number of aromatic nitrogens is 3. The summed E-state index contributed by atoms with van der Waals surface area (Å²) in [7, 11) is 1.59.